The molecule has 1 atom stereocenters. The first kappa shape index (κ1) is 14.7. The van der Waals surface area contributed by atoms with Crippen LogP contribution < -0.4 is 4.90 Å². The first-order chi connectivity index (χ1) is 9.52. The molecule has 0 N–H and O–H groups in total. The van der Waals surface area contributed by atoms with Gasteiger partial charge in [-0.1, -0.05) is 22.9 Å². The Balaban J connectivity index is 2.32. The van der Waals surface area contributed by atoms with E-state index in [1.54, 1.807) is 0 Å². The summed E-state index contributed by atoms with van der Waals surface area (Å²) >= 11 is 3.45. The van der Waals surface area contributed by atoms with Crippen LogP contribution in [0, 0.1) is 5.92 Å². The Morgan fingerprint density at radius 2 is 2.20 bits per heavy atom. The molecule has 2 rings (SSSR count). The van der Waals surface area contributed by atoms with Crippen molar-refractivity contribution in [2.45, 2.75) is 6.92 Å². The highest BCUT2D eigenvalue weighted by molar-refractivity contribution is 9.10. The van der Waals surface area contributed by atoms with Gasteiger partial charge in [-0.3, -0.25) is 4.79 Å². The van der Waals surface area contributed by atoms with E-state index in [1.807, 2.05) is 37.1 Å². The third-order valence-electron chi connectivity index (χ3n) is 3.09. The maximum Gasteiger partial charge on any atom is 0.310 e. The van der Waals surface area contributed by atoms with Gasteiger partial charge in [-0.15, -0.1) is 0 Å². The second kappa shape index (κ2) is 6.17. The molecule has 1 unspecified atom stereocenters. The van der Waals surface area contributed by atoms with Crippen molar-refractivity contribution in [2.24, 2.45) is 5.92 Å². The number of esters is 1. The smallest absolute Gasteiger partial charge is 0.310 e. The zero-order valence-corrected chi connectivity index (χ0v) is 13.2. The van der Waals surface area contributed by atoms with E-state index in [9.17, 15) is 4.79 Å². The Morgan fingerprint density at radius 1 is 1.45 bits per heavy atom. The highest BCUT2D eigenvalue weighted by atomic mass is 79.9. The van der Waals surface area contributed by atoms with E-state index < -0.39 is 0 Å². The van der Waals surface area contributed by atoms with Gasteiger partial charge in [0.1, 0.15) is 12.1 Å². The maximum absolute atomic E-state index is 11.5. The van der Waals surface area contributed by atoms with Crippen LogP contribution in [0.1, 0.15) is 6.92 Å². The van der Waals surface area contributed by atoms with E-state index >= 15 is 0 Å². The van der Waals surface area contributed by atoms with Gasteiger partial charge in [-0.2, -0.15) is 0 Å². The van der Waals surface area contributed by atoms with Gasteiger partial charge in [0.15, 0.2) is 0 Å². The molecule has 0 amide bonds. The van der Waals surface area contributed by atoms with Gasteiger partial charge in [-0.25, -0.2) is 9.97 Å². The highest BCUT2D eigenvalue weighted by Crippen LogP contribution is 2.25. The van der Waals surface area contributed by atoms with Gasteiger partial charge in [0.2, 0.25) is 0 Å². The molecule has 2 aromatic rings. The molecule has 0 saturated carbocycles. The molecule has 0 fully saturated rings. The van der Waals surface area contributed by atoms with Gasteiger partial charge >= 0.3 is 5.97 Å². The summed E-state index contributed by atoms with van der Waals surface area (Å²) in [5.41, 5.74) is 0.871. The molecule has 0 spiro atoms. The summed E-state index contributed by atoms with van der Waals surface area (Å²) in [6.45, 7) is 2.37. The third kappa shape index (κ3) is 3.07. The van der Waals surface area contributed by atoms with Gasteiger partial charge in [0.05, 0.1) is 18.5 Å². The summed E-state index contributed by atoms with van der Waals surface area (Å²) in [6.07, 6.45) is 1.53. The Kier molecular flexibility index (Phi) is 4.54. The Bertz CT molecular complexity index is 633. The van der Waals surface area contributed by atoms with Crippen LogP contribution in [-0.4, -0.2) is 36.6 Å². The molecule has 6 heteroatoms. The second-order valence-corrected chi connectivity index (χ2v) is 5.58. The van der Waals surface area contributed by atoms with Crippen LogP contribution in [-0.2, 0) is 9.53 Å². The Labute approximate surface area is 126 Å². The number of benzene rings is 1. The average molecular weight is 338 g/mol. The Morgan fingerprint density at radius 3 is 2.90 bits per heavy atom. The molecule has 0 aliphatic carbocycles. The standard InChI is InChI=1S/C14H16BrN3O2/c1-9(14(19)20-3)7-18(2)13-11-6-10(15)4-5-12(11)16-8-17-13/h4-6,8-9H,7H2,1-3H3. The van der Waals surface area contributed by atoms with Crippen LogP contribution in [0.2, 0.25) is 0 Å². The highest BCUT2D eigenvalue weighted by Gasteiger charge is 2.17. The molecule has 0 saturated heterocycles. The SMILES string of the molecule is COC(=O)C(C)CN(C)c1ncnc2ccc(Br)cc12. The minimum atomic E-state index is -0.226. The number of carbonyl (C=O) groups is 1. The normalized spacial score (nSPS) is 12.2. The van der Waals surface area contributed by atoms with Crippen LogP contribution in [0.25, 0.3) is 10.9 Å². The third-order valence-corrected chi connectivity index (χ3v) is 3.58. The molecule has 0 aliphatic rings. The summed E-state index contributed by atoms with van der Waals surface area (Å²) < 4.78 is 5.72. The van der Waals surface area contributed by atoms with Crippen molar-refractivity contribution < 1.29 is 9.53 Å². The lowest BCUT2D eigenvalue weighted by Crippen LogP contribution is -2.30. The second-order valence-electron chi connectivity index (χ2n) is 4.66. The fourth-order valence-electron chi connectivity index (χ4n) is 2.09. The molecule has 1 aromatic carbocycles. The van der Waals surface area contributed by atoms with Crippen molar-refractivity contribution in [1.29, 1.82) is 0 Å². The number of hydrogen-bond donors (Lipinski definition) is 0. The molecule has 106 valence electrons. The molecule has 0 radical (unpaired) electrons. The predicted molar refractivity (Wildman–Crippen MR) is 81.7 cm³/mol. The van der Waals surface area contributed by atoms with Gasteiger partial charge in [0, 0.05) is 23.5 Å². The molecular formula is C14H16BrN3O2. The number of halogens is 1. The summed E-state index contributed by atoms with van der Waals surface area (Å²) in [7, 11) is 3.30. The fraction of sp³-hybridized carbons (Fsp3) is 0.357. The number of fused-ring (bicyclic) bond motifs is 1. The van der Waals surface area contributed by atoms with Crippen LogP contribution in [0.5, 0.6) is 0 Å². The number of rotatable bonds is 4. The molecule has 5 nitrogen and oxygen atoms in total. The van der Waals surface area contributed by atoms with Gasteiger partial charge < -0.3 is 9.64 Å². The minimum Gasteiger partial charge on any atom is -0.469 e. The summed E-state index contributed by atoms with van der Waals surface area (Å²) in [6, 6.07) is 5.85. The fourth-order valence-corrected chi connectivity index (χ4v) is 2.45. The van der Waals surface area contributed by atoms with Crippen molar-refractivity contribution in [3.63, 3.8) is 0 Å². The first-order valence-electron chi connectivity index (χ1n) is 6.22. The monoisotopic (exact) mass is 337 g/mol. The number of methoxy groups -OCH3 is 1. The quantitative estimate of drug-likeness (QED) is 0.802. The lowest BCUT2D eigenvalue weighted by molar-refractivity contribution is -0.144. The molecule has 1 aromatic heterocycles. The minimum absolute atomic E-state index is 0.220. The van der Waals surface area contributed by atoms with Crippen molar-refractivity contribution in [1.82, 2.24) is 9.97 Å². The van der Waals surface area contributed by atoms with Crippen molar-refractivity contribution in [2.75, 3.05) is 25.6 Å². The molecule has 0 aliphatic heterocycles. The van der Waals surface area contributed by atoms with Gasteiger partial charge in [0.25, 0.3) is 0 Å². The lowest BCUT2D eigenvalue weighted by Gasteiger charge is -2.22. The molecule has 1 heterocycles. The first-order valence-corrected chi connectivity index (χ1v) is 7.01. The summed E-state index contributed by atoms with van der Waals surface area (Å²) in [5.74, 6) is 0.352. The van der Waals surface area contributed by atoms with Crippen molar-refractivity contribution in [3.05, 3.63) is 29.0 Å². The number of aromatic nitrogens is 2. The largest absolute Gasteiger partial charge is 0.469 e. The van der Waals surface area contributed by atoms with E-state index in [2.05, 4.69) is 25.9 Å². The van der Waals surface area contributed by atoms with Gasteiger partial charge in [-0.05, 0) is 18.2 Å². The van der Waals surface area contributed by atoms with E-state index in [-0.39, 0.29) is 11.9 Å². The lowest BCUT2D eigenvalue weighted by atomic mass is 10.1. The topological polar surface area (TPSA) is 55.3 Å². The van der Waals surface area contributed by atoms with Crippen LogP contribution in [0.3, 0.4) is 0 Å². The van der Waals surface area contributed by atoms with Crippen LogP contribution in [0.4, 0.5) is 5.82 Å². The van der Waals surface area contributed by atoms with Crippen molar-refractivity contribution in [3.8, 4) is 0 Å². The van der Waals surface area contributed by atoms with E-state index in [1.165, 1.54) is 13.4 Å². The predicted octanol–water partition coefficient (Wildman–Crippen LogP) is 2.64. The molecule has 0 bridgehead atoms. The molecule has 20 heavy (non-hydrogen) atoms. The Hall–Kier alpha value is -1.69. The number of nitrogens with zero attached hydrogens (tertiary/aromatic N) is 3. The number of anilines is 1. The number of ether oxygens (including phenoxy) is 1. The van der Waals surface area contributed by atoms with Crippen molar-refractivity contribution >= 4 is 38.6 Å². The number of carbonyl (C=O) groups excluding carboxylic acids is 1. The molecular weight excluding hydrogens is 322 g/mol. The van der Waals surface area contributed by atoms with Crippen LogP contribution >= 0.6 is 15.9 Å². The van der Waals surface area contributed by atoms with E-state index in [0.29, 0.717) is 6.54 Å². The number of hydrogen-bond acceptors (Lipinski definition) is 5. The maximum atomic E-state index is 11.5. The van der Waals surface area contributed by atoms with E-state index in [0.717, 1.165) is 21.2 Å². The summed E-state index contributed by atoms with van der Waals surface area (Å²) in [5, 5.41) is 0.946. The van der Waals surface area contributed by atoms with Crippen LogP contribution in [0.15, 0.2) is 29.0 Å². The zero-order chi connectivity index (χ0) is 14.7. The average Bonchev–Trinajstić information content (AvgIpc) is 2.45. The van der Waals surface area contributed by atoms with E-state index in [4.69, 9.17) is 4.74 Å². The zero-order valence-electron chi connectivity index (χ0n) is 11.6. The summed E-state index contributed by atoms with van der Waals surface area (Å²) in [4.78, 5) is 22.0.